The van der Waals surface area contributed by atoms with Crippen LogP contribution in [0.5, 0.6) is 5.75 Å². The minimum Gasteiger partial charge on any atom is -0.494 e. The normalized spacial score (nSPS) is 17.3. The van der Waals surface area contributed by atoms with E-state index < -0.39 is 17.6 Å². The summed E-state index contributed by atoms with van der Waals surface area (Å²) in [4.78, 5) is 49.1. The van der Waals surface area contributed by atoms with Crippen LogP contribution in [-0.4, -0.2) is 98.6 Å². The van der Waals surface area contributed by atoms with E-state index in [4.69, 9.17) is 4.74 Å². The molecule has 4 N–H and O–H groups in total. The maximum absolute atomic E-state index is 14.0. The summed E-state index contributed by atoms with van der Waals surface area (Å²) in [6.45, 7) is 6.91. The largest absolute Gasteiger partial charge is 0.494 e. The van der Waals surface area contributed by atoms with Crippen LogP contribution in [0.4, 0.5) is 52.2 Å². The smallest absolute Gasteiger partial charge is 0.419 e. The van der Waals surface area contributed by atoms with Crippen LogP contribution in [0, 0.1) is 0 Å². The Morgan fingerprint density at radius 3 is 2.26 bits per heavy atom. The van der Waals surface area contributed by atoms with Gasteiger partial charge in [-0.3, -0.25) is 29.6 Å². The highest BCUT2D eigenvalue weighted by atomic mass is 19.4. The van der Waals surface area contributed by atoms with Crippen LogP contribution in [0.1, 0.15) is 40.7 Å². The van der Waals surface area contributed by atoms with Gasteiger partial charge in [-0.15, -0.1) is 0 Å². The van der Waals surface area contributed by atoms with Gasteiger partial charge in [-0.2, -0.15) is 13.2 Å². The second kappa shape index (κ2) is 17.1. The molecule has 16 heteroatoms. The summed E-state index contributed by atoms with van der Waals surface area (Å²) < 4.78 is 47.8. The first-order valence-electron chi connectivity index (χ1n) is 19.0. The van der Waals surface area contributed by atoms with Gasteiger partial charge in [0.25, 0.3) is 5.91 Å². The molecule has 0 aliphatic carbocycles. The number of hydrogen-bond donors (Lipinski definition) is 4. The van der Waals surface area contributed by atoms with E-state index in [9.17, 15) is 27.6 Å². The number of anilines is 6. The second-order valence-electron chi connectivity index (χ2n) is 14.3. The van der Waals surface area contributed by atoms with Gasteiger partial charge in [0.15, 0.2) is 0 Å². The first-order chi connectivity index (χ1) is 27.5. The van der Waals surface area contributed by atoms with Gasteiger partial charge in [0, 0.05) is 102 Å². The van der Waals surface area contributed by atoms with E-state index in [0.717, 1.165) is 76.2 Å². The molecule has 13 nitrogen and oxygen atoms in total. The minimum atomic E-state index is -4.69. The molecule has 0 atom stereocenters. The van der Waals surface area contributed by atoms with Crippen LogP contribution >= 0.6 is 0 Å². The number of carbonyl (C=O) groups excluding carboxylic acids is 3. The number of ether oxygens (including phenoxy) is 1. The molecule has 7 rings (SSSR count). The third-order valence-electron chi connectivity index (χ3n) is 10.8. The molecule has 0 saturated carbocycles. The molecule has 3 saturated heterocycles. The van der Waals surface area contributed by atoms with Gasteiger partial charge in [-0.05, 0) is 54.8 Å². The quantitative estimate of drug-likeness (QED) is 0.140. The number of pyridine rings is 1. The molecule has 0 unspecified atom stereocenters. The SMILES string of the molecule is CNC(=O)c1ccccc1Nc1cc(Nc2ccc(N3CCC(N4CCN(Cc5ccc(N6CCC(=O)NC6=O)cc5)CC4)CC3)cc2OC)ncc1C(F)(F)F. The van der Waals surface area contributed by atoms with Crippen LogP contribution in [0.3, 0.4) is 0 Å². The van der Waals surface area contributed by atoms with Crippen molar-refractivity contribution in [1.29, 1.82) is 0 Å². The standard InChI is InChI=1S/C41H46F3N9O4/c1-45-39(55)31-5-3-4-6-33(31)47-35-24-37(46-25-32(35)41(42,43)44)48-34-12-11-30(23-36(34)57-2)51-16-13-28(14-17-51)52-21-19-50(20-22-52)26-27-7-9-29(10-8-27)53-18-15-38(54)49-40(53)56/h3-12,23-25,28H,13-22,26H2,1-2H3,(H,45,55)(H2,46,47,48)(H,49,54,56). The van der Waals surface area contributed by atoms with Crippen molar-refractivity contribution in [2.24, 2.45) is 0 Å². The Balaban J connectivity index is 0.929. The number of piperazine rings is 1. The second-order valence-corrected chi connectivity index (χ2v) is 14.3. The fourth-order valence-electron chi connectivity index (χ4n) is 7.67. The van der Waals surface area contributed by atoms with Crippen molar-refractivity contribution < 1.29 is 32.3 Å². The van der Waals surface area contributed by atoms with Crippen LogP contribution in [0.25, 0.3) is 0 Å². The fourth-order valence-corrected chi connectivity index (χ4v) is 7.67. The molecule has 4 heterocycles. The zero-order valence-corrected chi connectivity index (χ0v) is 31.9. The maximum atomic E-state index is 14.0. The lowest BCUT2D eigenvalue weighted by molar-refractivity contribution is -0.137. The molecule has 4 amide bonds. The molecule has 300 valence electrons. The lowest BCUT2D eigenvalue weighted by atomic mass is 10.0. The van der Waals surface area contributed by atoms with E-state index in [0.29, 0.717) is 30.4 Å². The summed E-state index contributed by atoms with van der Waals surface area (Å²) in [5.74, 6) is 0.00946. The van der Waals surface area contributed by atoms with E-state index >= 15 is 0 Å². The van der Waals surface area contributed by atoms with Crippen molar-refractivity contribution in [3.05, 3.63) is 95.7 Å². The number of amides is 4. The molecule has 57 heavy (non-hydrogen) atoms. The molecular formula is C41H46F3N9O4. The molecule has 3 aromatic carbocycles. The number of benzene rings is 3. The number of nitrogens with one attached hydrogen (secondary N) is 4. The highest BCUT2D eigenvalue weighted by Gasteiger charge is 2.35. The van der Waals surface area contributed by atoms with E-state index in [1.807, 2.05) is 30.3 Å². The lowest BCUT2D eigenvalue weighted by Crippen LogP contribution is -2.53. The molecule has 3 aliphatic rings. The molecule has 0 spiro atoms. The molecule has 1 aromatic heterocycles. The number of piperidine rings is 1. The fraction of sp³-hybridized carbons (Fsp3) is 0.366. The Kier molecular flexibility index (Phi) is 11.8. The van der Waals surface area contributed by atoms with Gasteiger partial charge in [-0.1, -0.05) is 24.3 Å². The Morgan fingerprint density at radius 1 is 0.860 bits per heavy atom. The first kappa shape index (κ1) is 39.4. The summed E-state index contributed by atoms with van der Waals surface area (Å²) in [7, 11) is 3.00. The van der Waals surface area contributed by atoms with E-state index in [1.165, 1.54) is 24.7 Å². The number of aromatic nitrogens is 1. The summed E-state index contributed by atoms with van der Waals surface area (Å²) in [6, 6.07) is 21.5. The molecule has 4 aromatic rings. The number of hydrogen-bond acceptors (Lipinski definition) is 10. The van der Waals surface area contributed by atoms with E-state index in [1.54, 1.807) is 30.2 Å². The van der Waals surface area contributed by atoms with Gasteiger partial charge in [0.2, 0.25) is 5.91 Å². The Hall–Kier alpha value is -5.87. The van der Waals surface area contributed by atoms with Crippen molar-refractivity contribution in [2.75, 3.05) is 80.4 Å². The number of rotatable bonds is 11. The number of urea groups is 1. The van der Waals surface area contributed by atoms with Crippen molar-refractivity contribution in [3.63, 3.8) is 0 Å². The number of methoxy groups -OCH3 is 1. The Bertz CT molecular complexity index is 2080. The zero-order valence-electron chi connectivity index (χ0n) is 31.9. The topological polar surface area (TPSA) is 134 Å². The summed E-state index contributed by atoms with van der Waals surface area (Å²) >= 11 is 0. The number of nitrogens with zero attached hydrogens (tertiary/aromatic N) is 5. The Labute approximate surface area is 329 Å². The predicted octanol–water partition coefficient (Wildman–Crippen LogP) is 6.19. The third-order valence-corrected chi connectivity index (χ3v) is 10.8. The van der Waals surface area contributed by atoms with Crippen molar-refractivity contribution in [1.82, 2.24) is 25.4 Å². The average Bonchev–Trinajstić information content (AvgIpc) is 3.21. The monoisotopic (exact) mass is 785 g/mol. The minimum absolute atomic E-state index is 0.163. The Morgan fingerprint density at radius 2 is 1.58 bits per heavy atom. The van der Waals surface area contributed by atoms with Crippen molar-refractivity contribution in [3.8, 4) is 5.75 Å². The number of carbonyl (C=O) groups is 3. The van der Waals surface area contributed by atoms with Crippen LogP contribution in [0.2, 0.25) is 0 Å². The van der Waals surface area contributed by atoms with Crippen LogP contribution < -0.4 is 35.8 Å². The van der Waals surface area contributed by atoms with E-state index in [-0.39, 0.29) is 34.7 Å². The maximum Gasteiger partial charge on any atom is 0.419 e. The van der Waals surface area contributed by atoms with Crippen LogP contribution in [0.15, 0.2) is 79.0 Å². The van der Waals surface area contributed by atoms with Gasteiger partial charge < -0.3 is 25.6 Å². The van der Waals surface area contributed by atoms with Gasteiger partial charge in [0.05, 0.1) is 35.3 Å². The number of imide groups is 1. The zero-order chi connectivity index (χ0) is 40.1. The summed E-state index contributed by atoms with van der Waals surface area (Å²) in [5, 5.41) is 10.8. The first-order valence-corrected chi connectivity index (χ1v) is 19.0. The van der Waals surface area contributed by atoms with Crippen molar-refractivity contribution in [2.45, 2.75) is 38.0 Å². The number of halogens is 3. The average molecular weight is 786 g/mol. The third kappa shape index (κ3) is 9.24. The molecule has 0 radical (unpaired) electrons. The van der Waals surface area contributed by atoms with E-state index in [2.05, 4.69) is 53.1 Å². The van der Waals surface area contributed by atoms with Gasteiger partial charge >= 0.3 is 12.2 Å². The van der Waals surface area contributed by atoms with Crippen LogP contribution in [-0.2, 0) is 17.5 Å². The summed E-state index contributed by atoms with van der Waals surface area (Å²) in [5.41, 5.74) is 2.70. The van der Waals surface area contributed by atoms with Crippen molar-refractivity contribution >= 4 is 52.1 Å². The predicted molar refractivity (Wildman–Crippen MR) is 213 cm³/mol. The molecule has 0 bridgehead atoms. The highest BCUT2D eigenvalue weighted by molar-refractivity contribution is 6.05. The molecule has 3 aliphatic heterocycles. The number of para-hydroxylation sites is 1. The lowest BCUT2D eigenvalue weighted by Gasteiger charge is -2.43. The summed E-state index contributed by atoms with van der Waals surface area (Å²) in [6.07, 6.45) is -1.58. The number of alkyl halides is 3. The van der Waals surface area contributed by atoms with Gasteiger partial charge in [-0.25, -0.2) is 9.78 Å². The molecular weight excluding hydrogens is 740 g/mol. The highest BCUT2D eigenvalue weighted by Crippen LogP contribution is 2.39. The molecule has 3 fully saturated rings. The van der Waals surface area contributed by atoms with Gasteiger partial charge in [0.1, 0.15) is 11.6 Å².